The largest absolute Gasteiger partial charge is 0.378 e. The van der Waals surface area contributed by atoms with Gasteiger partial charge in [0.05, 0.1) is 13.2 Å². The first kappa shape index (κ1) is 13.1. The molecule has 0 N–H and O–H groups in total. The van der Waals surface area contributed by atoms with E-state index < -0.39 is 0 Å². The summed E-state index contributed by atoms with van der Waals surface area (Å²) in [6.07, 6.45) is 0. The smallest absolute Gasteiger partial charge is 0.266 e. The fourth-order valence-electron chi connectivity index (χ4n) is 2.24. The molecule has 5 nitrogen and oxygen atoms in total. The molecule has 1 saturated heterocycles. The molecule has 1 aromatic heterocycles. The van der Waals surface area contributed by atoms with Gasteiger partial charge in [0, 0.05) is 18.7 Å². The first-order valence-electron chi connectivity index (χ1n) is 7.01. The predicted molar refractivity (Wildman–Crippen MR) is 76.9 cm³/mol. The highest BCUT2D eigenvalue weighted by Gasteiger charge is 2.17. The van der Waals surface area contributed by atoms with Gasteiger partial charge >= 0.3 is 0 Å². The number of hydrogen-bond donors (Lipinski definition) is 0. The van der Waals surface area contributed by atoms with Gasteiger partial charge in [-0.1, -0.05) is 26.0 Å². The van der Waals surface area contributed by atoms with E-state index in [-0.39, 0.29) is 0 Å². The van der Waals surface area contributed by atoms with Crippen LogP contribution in [-0.2, 0) is 4.74 Å². The van der Waals surface area contributed by atoms with Crippen LogP contribution in [0.25, 0.3) is 11.5 Å². The molecule has 1 aliphatic heterocycles. The SMILES string of the molecule is CC(C)c1ccc(-c2nc(N3CCOCC3)no2)cc1. The Morgan fingerprint density at radius 3 is 2.45 bits per heavy atom. The molecular weight excluding hydrogens is 254 g/mol. The molecule has 0 amide bonds. The highest BCUT2D eigenvalue weighted by atomic mass is 16.5. The van der Waals surface area contributed by atoms with E-state index in [1.54, 1.807) is 0 Å². The minimum absolute atomic E-state index is 0.524. The van der Waals surface area contributed by atoms with Crippen LogP contribution >= 0.6 is 0 Å². The van der Waals surface area contributed by atoms with E-state index in [0.717, 1.165) is 18.7 Å². The normalized spacial score (nSPS) is 15.8. The van der Waals surface area contributed by atoms with Crippen LogP contribution < -0.4 is 4.90 Å². The Morgan fingerprint density at radius 1 is 1.10 bits per heavy atom. The second-order valence-corrected chi connectivity index (χ2v) is 5.28. The topological polar surface area (TPSA) is 51.4 Å². The van der Waals surface area contributed by atoms with Gasteiger partial charge in [-0.2, -0.15) is 4.98 Å². The molecule has 0 atom stereocenters. The number of anilines is 1. The molecule has 0 unspecified atom stereocenters. The zero-order chi connectivity index (χ0) is 13.9. The fourth-order valence-corrected chi connectivity index (χ4v) is 2.24. The quantitative estimate of drug-likeness (QED) is 0.860. The van der Waals surface area contributed by atoms with Crippen molar-refractivity contribution < 1.29 is 9.26 Å². The molecule has 1 aliphatic rings. The van der Waals surface area contributed by atoms with E-state index in [2.05, 4.69) is 41.0 Å². The minimum Gasteiger partial charge on any atom is -0.378 e. The summed E-state index contributed by atoms with van der Waals surface area (Å²) in [5.41, 5.74) is 2.27. The van der Waals surface area contributed by atoms with Crippen molar-refractivity contribution in [1.29, 1.82) is 0 Å². The summed E-state index contributed by atoms with van der Waals surface area (Å²) in [7, 11) is 0. The number of morpholine rings is 1. The fraction of sp³-hybridized carbons (Fsp3) is 0.467. The Hall–Kier alpha value is -1.88. The predicted octanol–water partition coefficient (Wildman–Crippen LogP) is 2.70. The van der Waals surface area contributed by atoms with Gasteiger partial charge in [0.1, 0.15) is 0 Å². The molecule has 0 spiro atoms. The second-order valence-electron chi connectivity index (χ2n) is 5.28. The van der Waals surface area contributed by atoms with E-state index >= 15 is 0 Å². The van der Waals surface area contributed by atoms with Gasteiger partial charge in [-0.15, -0.1) is 0 Å². The molecule has 0 aliphatic carbocycles. The third-order valence-electron chi connectivity index (χ3n) is 3.53. The molecule has 0 radical (unpaired) electrons. The maximum atomic E-state index is 5.36. The highest BCUT2D eigenvalue weighted by Crippen LogP contribution is 2.23. The lowest BCUT2D eigenvalue weighted by Crippen LogP contribution is -2.36. The number of benzene rings is 1. The lowest BCUT2D eigenvalue weighted by atomic mass is 10.0. The maximum absolute atomic E-state index is 5.36. The van der Waals surface area contributed by atoms with Crippen LogP contribution in [0, 0.1) is 0 Å². The van der Waals surface area contributed by atoms with E-state index in [4.69, 9.17) is 9.26 Å². The molecular formula is C15H19N3O2. The summed E-state index contributed by atoms with van der Waals surface area (Å²) in [6, 6.07) is 8.29. The van der Waals surface area contributed by atoms with Crippen molar-refractivity contribution in [1.82, 2.24) is 10.1 Å². The van der Waals surface area contributed by atoms with E-state index in [9.17, 15) is 0 Å². The van der Waals surface area contributed by atoms with Crippen LogP contribution in [0.15, 0.2) is 28.8 Å². The van der Waals surface area contributed by atoms with Crippen LogP contribution in [0.3, 0.4) is 0 Å². The lowest BCUT2D eigenvalue weighted by Gasteiger charge is -2.24. The Labute approximate surface area is 118 Å². The van der Waals surface area contributed by atoms with E-state index in [0.29, 0.717) is 31.0 Å². The van der Waals surface area contributed by atoms with Gasteiger partial charge in [0.2, 0.25) is 0 Å². The summed E-state index contributed by atoms with van der Waals surface area (Å²) >= 11 is 0. The van der Waals surface area contributed by atoms with Gasteiger partial charge < -0.3 is 14.2 Å². The molecule has 106 valence electrons. The van der Waals surface area contributed by atoms with Gasteiger partial charge in [-0.25, -0.2) is 0 Å². The van der Waals surface area contributed by atoms with Gasteiger partial charge in [0.15, 0.2) is 0 Å². The van der Waals surface area contributed by atoms with Crippen molar-refractivity contribution in [2.45, 2.75) is 19.8 Å². The number of aromatic nitrogens is 2. The molecule has 20 heavy (non-hydrogen) atoms. The Morgan fingerprint density at radius 2 is 1.80 bits per heavy atom. The third-order valence-corrected chi connectivity index (χ3v) is 3.53. The van der Waals surface area contributed by atoms with Crippen molar-refractivity contribution in [2.75, 3.05) is 31.2 Å². The molecule has 5 heteroatoms. The standard InChI is InChI=1S/C15H19N3O2/c1-11(2)12-3-5-13(6-4-12)14-16-15(17-20-14)18-7-9-19-10-8-18/h3-6,11H,7-10H2,1-2H3. The Kier molecular flexibility index (Phi) is 3.69. The summed E-state index contributed by atoms with van der Waals surface area (Å²) in [5, 5.41) is 4.06. The molecule has 1 aromatic carbocycles. The van der Waals surface area contributed by atoms with Crippen LogP contribution in [0.1, 0.15) is 25.3 Å². The number of rotatable bonds is 3. The zero-order valence-electron chi connectivity index (χ0n) is 11.9. The van der Waals surface area contributed by atoms with Crippen molar-refractivity contribution in [3.63, 3.8) is 0 Å². The van der Waals surface area contributed by atoms with Crippen LogP contribution in [0.4, 0.5) is 5.95 Å². The van der Waals surface area contributed by atoms with Crippen molar-refractivity contribution in [3.8, 4) is 11.5 Å². The maximum Gasteiger partial charge on any atom is 0.266 e. The second kappa shape index (κ2) is 5.63. The van der Waals surface area contributed by atoms with Gasteiger partial charge in [-0.3, -0.25) is 0 Å². The molecule has 2 aromatic rings. The molecule has 1 fully saturated rings. The molecule has 0 saturated carbocycles. The first-order chi connectivity index (χ1) is 9.74. The number of nitrogens with zero attached hydrogens (tertiary/aromatic N) is 3. The zero-order valence-corrected chi connectivity index (χ0v) is 11.9. The van der Waals surface area contributed by atoms with Gasteiger partial charge in [0.25, 0.3) is 11.8 Å². The monoisotopic (exact) mass is 273 g/mol. The lowest BCUT2D eigenvalue weighted by molar-refractivity contribution is 0.121. The minimum atomic E-state index is 0.524. The first-order valence-corrected chi connectivity index (χ1v) is 7.01. The third kappa shape index (κ3) is 2.67. The summed E-state index contributed by atoms with van der Waals surface area (Å²) in [6.45, 7) is 7.41. The Bertz CT molecular complexity index is 557. The van der Waals surface area contributed by atoms with Crippen LogP contribution in [0.2, 0.25) is 0 Å². The molecule has 3 rings (SSSR count). The average molecular weight is 273 g/mol. The van der Waals surface area contributed by atoms with Crippen molar-refractivity contribution in [3.05, 3.63) is 29.8 Å². The average Bonchev–Trinajstić information content (AvgIpc) is 2.98. The highest BCUT2D eigenvalue weighted by molar-refractivity contribution is 5.55. The van der Waals surface area contributed by atoms with Crippen LogP contribution in [0.5, 0.6) is 0 Å². The molecule has 0 bridgehead atoms. The molecule has 2 heterocycles. The van der Waals surface area contributed by atoms with Crippen molar-refractivity contribution >= 4 is 5.95 Å². The van der Waals surface area contributed by atoms with Gasteiger partial charge in [-0.05, 0) is 28.8 Å². The van der Waals surface area contributed by atoms with Crippen LogP contribution in [-0.4, -0.2) is 36.4 Å². The van der Waals surface area contributed by atoms with E-state index in [1.807, 2.05) is 12.1 Å². The summed E-state index contributed by atoms with van der Waals surface area (Å²) in [4.78, 5) is 6.55. The number of hydrogen-bond acceptors (Lipinski definition) is 5. The summed E-state index contributed by atoms with van der Waals surface area (Å²) < 4.78 is 10.7. The summed E-state index contributed by atoms with van der Waals surface area (Å²) in [5.74, 6) is 1.74. The number of ether oxygens (including phenoxy) is 1. The van der Waals surface area contributed by atoms with E-state index in [1.165, 1.54) is 5.56 Å². The Balaban J connectivity index is 1.78. The van der Waals surface area contributed by atoms with Crippen molar-refractivity contribution in [2.24, 2.45) is 0 Å².